The van der Waals surface area contributed by atoms with Gasteiger partial charge in [0, 0.05) is 29.9 Å². The number of anilines is 1. The number of carbonyl (C=O) groups excluding carboxylic acids is 1. The van der Waals surface area contributed by atoms with Crippen LogP contribution in [0, 0.1) is 5.92 Å². The number of rotatable bonds is 9. The quantitative estimate of drug-likeness (QED) is 0.340. The van der Waals surface area contributed by atoms with E-state index in [1.54, 1.807) is 29.0 Å². The van der Waals surface area contributed by atoms with E-state index in [1.165, 1.54) is 12.5 Å². The standard InChI is InChI=1S/C22H22Cl2FN5O5S/c23-14-3-1-2-12(6-14)9-30-5-4-15(21(30)24)20(32)16-8-27-11-28-22(16)29-17-7-13(19(31)18(17)25)10-35-36(26,33)34/h1-6,8,11,13,17-19,31H,7,9-10H2,(H2,26,33,34)(H,27,28,29)/t13-,17-,18-,19-/m1/s1. The van der Waals surface area contributed by atoms with Gasteiger partial charge in [0.05, 0.1) is 29.9 Å². The predicted octanol–water partition coefficient (Wildman–Crippen LogP) is 2.58. The van der Waals surface area contributed by atoms with Crippen LogP contribution in [0.3, 0.4) is 0 Å². The fraction of sp³-hybridized carbons (Fsp3) is 0.318. The van der Waals surface area contributed by atoms with Crippen LogP contribution in [0.15, 0.2) is 49.1 Å². The third-order valence-electron chi connectivity index (χ3n) is 5.86. The van der Waals surface area contributed by atoms with Gasteiger partial charge < -0.3 is 15.0 Å². The molecule has 1 aliphatic rings. The Balaban J connectivity index is 1.52. The molecule has 192 valence electrons. The van der Waals surface area contributed by atoms with Crippen LogP contribution >= 0.6 is 23.2 Å². The van der Waals surface area contributed by atoms with Gasteiger partial charge in [-0.25, -0.2) is 19.5 Å². The fourth-order valence-corrected chi connectivity index (χ4v) is 4.93. The average Bonchev–Trinajstić information content (AvgIpc) is 3.31. The van der Waals surface area contributed by atoms with Crippen molar-refractivity contribution in [3.63, 3.8) is 0 Å². The number of benzene rings is 1. The first-order valence-corrected chi connectivity index (χ1v) is 13.0. The average molecular weight is 558 g/mol. The summed E-state index contributed by atoms with van der Waals surface area (Å²) in [6, 6.07) is 7.81. The third kappa shape index (κ3) is 6.02. The van der Waals surface area contributed by atoms with Crippen molar-refractivity contribution >= 4 is 45.1 Å². The van der Waals surface area contributed by atoms with Gasteiger partial charge in [0.25, 0.3) is 0 Å². The van der Waals surface area contributed by atoms with E-state index in [2.05, 4.69) is 19.5 Å². The SMILES string of the molecule is NS(=O)(=O)OC[C@H]1C[C@@H](Nc2ncncc2C(=O)c2ccn(Cc3cccc(Cl)c3)c2Cl)[C@@H](F)[C@@H]1O. The van der Waals surface area contributed by atoms with Gasteiger partial charge in [-0.05, 0) is 30.2 Å². The van der Waals surface area contributed by atoms with Crippen LogP contribution in [0.25, 0.3) is 0 Å². The summed E-state index contributed by atoms with van der Waals surface area (Å²) in [5.41, 5.74) is 1.13. The molecule has 1 aliphatic carbocycles. The highest BCUT2D eigenvalue weighted by molar-refractivity contribution is 7.84. The Morgan fingerprint density at radius 1 is 1.31 bits per heavy atom. The van der Waals surface area contributed by atoms with E-state index < -0.39 is 46.9 Å². The number of nitrogens with one attached hydrogen (secondary N) is 1. The zero-order valence-corrected chi connectivity index (χ0v) is 20.9. The molecule has 1 aromatic carbocycles. The molecule has 4 atom stereocenters. The lowest BCUT2D eigenvalue weighted by atomic mass is 10.1. The van der Waals surface area contributed by atoms with Crippen LogP contribution in [-0.2, 0) is 21.0 Å². The normalized spacial score (nSPS) is 22.0. The summed E-state index contributed by atoms with van der Waals surface area (Å²) in [5, 5.41) is 18.6. The van der Waals surface area contributed by atoms with Crippen molar-refractivity contribution in [3.8, 4) is 0 Å². The number of ketones is 1. The number of nitrogens with two attached hydrogens (primary N) is 1. The molecule has 0 unspecified atom stereocenters. The maximum Gasteiger partial charge on any atom is 0.333 e. The molecule has 4 rings (SSSR count). The number of hydrogen-bond acceptors (Lipinski definition) is 8. The Morgan fingerprint density at radius 3 is 2.81 bits per heavy atom. The minimum atomic E-state index is -4.24. The van der Waals surface area contributed by atoms with E-state index in [9.17, 15) is 22.7 Å². The largest absolute Gasteiger partial charge is 0.390 e. The van der Waals surface area contributed by atoms with E-state index in [0.29, 0.717) is 11.6 Å². The molecule has 2 aromatic heterocycles. The Hall–Kier alpha value is -2.61. The Labute approximate surface area is 216 Å². The number of halogens is 3. The first-order chi connectivity index (χ1) is 17.0. The van der Waals surface area contributed by atoms with Gasteiger partial charge in [0.2, 0.25) is 5.78 Å². The molecule has 2 heterocycles. The highest BCUT2D eigenvalue weighted by atomic mass is 35.5. The number of aliphatic hydroxyl groups excluding tert-OH is 1. The molecule has 0 aliphatic heterocycles. The summed E-state index contributed by atoms with van der Waals surface area (Å²) in [5.74, 6) is -1.29. The number of nitrogens with zero attached hydrogens (tertiary/aromatic N) is 3. The second-order valence-electron chi connectivity index (χ2n) is 8.35. The molecule has 4 N–H and O–H groups in total. The van der Waals surface area contributed by atoms with E-state index in [-0.39, 0.29) is 28.5 Å². The number of carbonyl (C=O) groups is 1. The summed E-state index contributed by atoms with van der Waals surface area (Å²) in [6.45, 7) is -0.0988. The van der Waals surface area contributed by atoms with Crippen molar-refractivity contribution in [1.29, 1.82) is 0 Å². The number of aromatic nitrogens is 3. The first-order valence-electron chi connectivity index (χ1n) is 10.7. The zero-order chi connectivity index (χ0) is 26.0. The van der Waals surface area contributed by atoms with Crippen molar-refractivity contribution in [2.75, 3.05) is 11.9 Å². The molecule has 36 heavy (non-hydrogen) atoms. The molecule has 0 saturated heterocycles. The molecule has 14 heteroatoms. The number of hydrogen-bond donors (Lipinski definition) is 3. The monoisotopic (exact) mass is 557 g/mol. The lowest BCUT2D eigenvalue weighted by Gasteiger charge is -2.18. The molecular weight excluding hydrogens is 536 g/mol. The zero-order valence-electron chi connectivity index (χ0n) is 18.6. The van der Waals surface area contributed by atoms with E-state index in [0.717, 1.165) is 5.56 Å². The molecule has 1 fully saturated rings. The number of aliphatic hydroxyl groups is 1. The van der Waals surface area contributed by atoms with Gasteiger partial charge in [-0.2, -0.15) is 8.42 Å². The summed E-state index contributed by atoms with van der Waals surface area (Å²) < 4.78 is 43.1. The molecule has 10 nitrogen and oxygen atoms in total. The van der Waals surface area contributed by atoms with Gasteiger partial charge >= 0.3 is 10.3 Å². The lowest BCUT2D eigenvalue weighted by molar-refractivity contribution is 0.0501. The molecule has 0 spiro atoms. The molecule has 0 amide bonds. The van der Waals surface area contributed by atoms with Gasteiger partial charge in [-0.15, -0.1) is 0 Å². The third-order valence-corrected chi connectivity index (χ3v) is 6.98. The predicted molar refractivity (Wildman–Crippen MR) is 131 cm³/mol. The summed E-state index contributed by atoms with van der Waals surface area (Å²) in [7, 11) is -4.24. The maximum absolute atomic E-state index is 14.8. The maximum atomic E-state index is 14.8. The smallest absolute Gasteiger partial charge is 0.333 e. The van der Waals surface area contributed by atoms with Crippen LogP contribution < -0.4 is 10.5 Å². The highest BCUT2D eigenvalue weighted by Crippen LogP contribution is 2.33. The Morgan fingerprint density at radius 2 is 2.08 bits per heavy atom. The van der Waals surface area contributed by atoms with Gasteiger partial charge in [-0.3, -0.25) is 8.98 Å². The molecule has 0 bridgehead atoms. The Kier molecular flexibility index (Phi) is 7.93. The van der Waals surface area contributed by atoms with Crippen LogP contribution in [0.5, 0.6) is 0 Å². The van der Waals surface area contributed by atoms with Crippen LogP contribution in [0.2, 0.25) is 10.2 Å². The van der Waals surface area contributed by atoms with Crippen molar-refractivity contribution in [2.24, 2.45) is 11.1 Å². The van der Waals surface area contributed by atoms with Crippen LogP contribution in [0.1, 0.15) is 27.9 Å². The lowest BCUT2D eigenvalue weighted by Crippen LogP contribution is -2.33. The van der Waals surface area contributed by atoms with E-state index in [1.807, 2.05) is 12.1 Å². The van der Waals surface area contributed by atoms with Gasteiger partial charge in [0.15, 0.2) is 0 Å². The Bertz CT molecular complexity index is 1370. The van der Waals surface area contributed by atoms with Crippen LogP contribution in [-0.4, -0.2) is 58.8 Å². The minimum absolute atomic E-state index is 0.00621. The van der Waals surface area contributed by atoms with E-state index in [4.69, 9.17) is 28.3 Å². The van der Waals surface area contributed by atoms with Crippen molar-refractivity contribution in [2.45, 2.75) is 31.3 Å². The molecular formula is C22H22Cl2FN5O5S. The molecule has 0 radical (unpaired) electrons. The van der Waals surface area contributed by atoms with E-state index >= 15 is 0 Å². The summed E-state index contributed by atoms with van der Waals surface area (Å²) in [6.07, 6.45) is 0.855. The molecule has 1 saturated carbocycles. The summed E-state index contributed by atoms with van der Waals surface area (Å²) >= 11 is 12.5. The second-order valence-corrected chi connectivity index (χ2v) is 10.4. The molecule has 3 aromatic rings. The van der Waals surface area contributed by atoms with Gasteiger partial charge in [-0.1, -0.05) is 35.3 Å². The van der Waals surface area contributed by atoms with Crippen LogP contribution in [0.4, 0.5) is 10.2 Å². The van der Waals surface area contributed by atoms with Crippen molar-refractivity contribution in [1.82, 2.24) is 14.5 Å². The summed E-state index contributed by atoms with van der Waals surface area (Å²) in [4.78, 5) is 21.3. The first kappa shape index (κ1) is 26.5. The topological polar surface area (TPSA) is 149 Å². The number of alkyl halides is 1. The fourth-order valence-electron chi connectivity index (χ4n) is 4.09. The van der Waals surface area contributed by atoms with Crippen molar-refractivity contribution < 1.29 is 26.9 Å². The van der Waals surface area contributed by atoms with Crippen molar-refractivity contribution in [3.05, 3.63) is 75.9 Å². The highest BCUT2D eigenvalue weighted by Gasteiger charge is 2.44. The second kappa shape index (κ2) is 10.8. The minimum Gasteiger partial charge on any atom is -0.390 e. The van der Waals surface area contributed by atoms with Gasteiger partial charge in [0.1, 0.15) is 23.5 Å².